The van der Waals surface area contributed by atoms with Gasteiger partial charge in [0.2, 0.25) is 0 Å². The minimum Gasteiger partial charge on any atom is -0.316 e. The number of thioether (sulfide) groups is 1. The lowest BCUT2D eigenvalue weighted by Gasteiger charge is -2.04. The van der Waals surface area contributed by atoms with Crippen LogP contribution in [-0.4, -0.2) is 32.3 Å². The van der Waals surface area contributed by atoms with Crippen LogP contribution in [0.2, 0.25) is 0 Å². The van der Waals surface area contributed by atoms with Crippen molar-refractivity contribution in [1.29, 1.82) is 0 Å². The number of fused-ring (bicyclic) bond motifs is 1. The van der Waals surface area contributed by atoms with Crippen LogP contribution in [0.1, 0.15) is 23.0 Å². The average molecular weight is 361 g/mol. The van der Waals surface area contributed by atoms with Gasteiger partial charge in [0.1, 0.15) is 5.69 Å². The van der Waals surface area contributed by atoms with E-state index in [1.807, 2.05) is 6.92 Å². The zero-order chi connectivity index (χ0) is 17.1. The van der Waals surface area contributed by atoms with Crippen LogP contribution in [0.25, 0.3) is 10.2 Å². The summed E-state index contributed by atoms with van der Waals surface area (Å²) in [4.78, 5) is 17.7. The van der Waals surface area contributed by atoms with Crippen molar-refractivity contribution in [2.45, 2.75) is 26.9 Å². The standard InChI is InChI=1S/C17H20N4OS2/c1-4-21-14(7-8-18-21)16(22)19-17-20(9-10-23-3)13-6-5-12(2)11-15(13)24-17/h5-8,11H,4,9-10H2,1-3H3. The molecule has 1 aromatic carbocycles. The van der Waals surface area contributed by atoms with Crippen LogP contribution in [0.4, 0.5) is 0 Å². The molecule has 0 radical (unpaired) electrons. The summed E-state index contributed by atoms with van der Waals surface area (Å²) in [6.45, 7) is 5.53. The van der Waals surface area contributed by atoms with Crippen molar-refractivity contribution in [1.82, 2.24) is 14.3 Å². The van der Waals surface area contributed by atoms with Crippen LogP contribution in [-0.2, 0) is 13.1 Å². The van der Waals surface area contributed by atoms with Gasteiger partial charge in [-0.15, -0.1) is 0 Å². The first-order chi connectivity index (χ1) is 11.6. The van der Waals surface area contributed by atoms with Gasteiger partial charge < -0.3 is 4.57 Å². The fraction of sp³-hybridized carbons (Fsp3) is 0.353. The number of carbonyl (C=O) groups is 1. The fourth-order valence-electron chi connectivity index (χ4n) is 2.57. The highest BCUT2D eigenvalue weighted by atomic mass is 32.2. The first-order valence-corrected chi connectivity index (χ1v) is 10.0. The molecule has 3 aromatic rings. The minimum absolute atomic E-state index is 0.240. The predicted molar refractivity (Wildman–Crippen MR) is 101 cm³/mol. The second-order valence-corrected chi connectivity index (χ2v) is 7.44. The second-order valence-electron chi connectivity index (χ2n) is 5.45. The molecule has 5 nitrogen and oxygen atoms in total. The van der Waals surface area contributed by atoms with Crippen LogP contribution in [0, 0.1) is 6.92 Å². The molecule has 0 bridgehead atoms. The quantitative estimate of drug-likeness (QED) is 0.701. The van der Waals surface area contributed by atoms with Crippen molar-refractivity contribution < 1.29 is 4.79 Å². The number of aryl methyl sites for hydroxylation is 3. The third-order valence-electron chi connectivity index (χ3n) is 3.79. The molecule has 0 aliphatic rings. The number of benzene rings is 1. The maximum absolute atomic E-state index is 12.6. The van der Waals surface area contributed by atoms with E-state index in [1.165, 1.54) is 5.56 Å². The van der Waals surface area contributed by atoms with Crippen molar-refractivity contribution in [3.63, 3.8) is 0 Å². The Morgan fingerprint density at radius 2 is 2.21 bits per heavy atom. The molecular formula is C17H20N4OS2. The summed E-state index contributed by atoms with van der Waals surface area (Å²) in [5, 5.41) is 4.15. The zero-order valence-electron chi connectivity index (χ0n) is 14.0. The molecule has 0 atom stereocenters. The highest BCUT2D eigenvalue weighted by molar-refractivity contribution is 7.98. The smallest absolute Gasteiger partial charge is 0.297 e. The molecule has 3 rings (SSSR count). The molecule has 0 N–H and O–H groups in total. The Labute approximate surface area is 149 Å². The normalized spacial score (nSPS) is 12.2. The van der Waals surface area contributed by atoms with Gasteiger partial charge in [-0.25, -0.2) is 0 Å². The Kier molecular flexibility index (Phi) is 5.20. The Balaban J connectivity index is 2.11. The van der Waals surface area contributed by atoms with E-state index in [4.69, 9.17) is 0 Å². The van der Waals surface area contributed by atoms with E-state index < -0.39 is 0 Å². The summed E-state index contributed by atoms with van der Waals surface area (Å²) < 4.78 is 4.97. The molecule has 24 heavy (non-hydrogen) atoms. The molecule has 0 aliphatic heterocycles. The number of hydrogen-bond acceptors (Lipinski definition) is 4. The Bertz CT molecular complexity index is 936. The summed E-state index contributed by atoms with van der Waals surface area (Å²) in [7, 11) is 0. The first-order valence-electron chi connectivity index (χ1n) is 7.84. The molecule has 7 heteroatoms. The van der Waals surface area contributed by atoms with E-state index in [9.17, 15) is 4.79 Å². The van der Waals surface area contributed by atoms with E-state index >= 15 is 0 Å². The molecule has 2 heterocycles. The van der Waals surface area contributed by atoms with Gasteiger partial charge in [-0.05, 0) is 43.9 Å². The number of carbonyl (C=O) groups excluding carboxylic acids is 1. The monoisotopic (exact) mass is 360 g/mol. The van der Waals surface area contributed by atoms with Crippen molar-refractivity contribution in [3.8, 4) is 0 Å². The van der Waals surface area contributed by atoms with Gasteiger partial charge in [0.15, 0.2) is 4.80 Å². The summed E-state index contributed by atoms with van der Waals surface area (Å²) in [6.07, 6.45) is 3.73. The van der Waals surface area contributed by atoms with Crippen LogP contribution >= 0.6 is 23.1 Å². The lowest BCUT2D eigenvalue weighted by Crippen LogP contribution is -2.19. The van der Waals surface area contributed by atoms with E-state index in [2.05, 4.69) is 46.0 Å². The second kappa shape index (κ2) is 7.36. The van der Waals surface area contributed by atoms with Gasteiger partial charge >= 0.3 is 0 Å². The molecule has 1 amide bonds. The van der Waals surface area contributed by atoms with Crippen molar-refractivity contribution in [3.05, 3.63) is 46.5 Å². The molecule has 2 aromatic heterocycles. The summed E-state index contributed by atoms with van der Waals surface area (Å²) >= 11 is 3.35. The largest absolute Gasteiger partial charge is 0.316 e. The molecule has 0 saturated carbocycles. The summed E-state index contributed by atoms with van der Waals surface area (Å²) in [6, 6.07) is 8.08. The predicted octanol–water partition coefficient (Wildman–Crippen LogP) is 3.33. The molecule has 0 aliphatic carbocycles. The van der Waals surface area contributed by atoms with Crippen LogP contribution in [0.3, 0.4) is 0 Å². The van der Waals surface area contributed by atoms with Gasteiger partial charge in [0, 0.05) is 25.0 Å². The van der Waals surface area contributed by atoms with Crippen LogP contribution in [0.5, 0.6) is 0 Å². The molecule has 0 spiro atoms. The molecule has 0 saturated heterocycles. The maximum atomic E-state index is 12.6. The topological polar surface area (TPSA) is 52.2 Å². The summed E-state index contributed by atoms with van der Waals surface area (Å²) in [5.41, 5.74) is 2.88. The van der Waals surface area contributed by atoms with Gasteiger partial charge in [-0.3, -0.25) is 9.48 Å². The molecular weight excluding hydrogens is 340 g/mol. The Morgan fingerprint density at radius 1 is 1.38 bits per heavy atom. The van der Waals surface area contributed by atoms with Crippen LogP contribution < -0.4 is 4.80 Å². The van der Waals surface area contributed by atoms with Crippen LogP contribution in [0.15, 0.2) is 35.5 Å². The number of aromatic nitrogens is 3. The number of hydrogen-bond donors (Lipinski definition) is 0. The summed E-state index contributed by atoms with van der Waals surface area (Å²) in [5.74, 6) is 0.740. The van der Waals surface area contributed by atoms with E-state index in [0.717, 1.165) is 27.3 Å². The minimum atomic E-state index is -0.240. The fourth-order valence-corrected chi connectivity index (χ4v) is 4.09. The Morgan fingerprint density at radius 3 is 2.96 bits per heavy atom. The first kappa shape index (κ1) is 17.0. The van der Waals surface area contributed by atoms with Crippen molar-refractivity contribution >= 4 is 39.2 Å². The number of nitrogens with zero attached hydrogens (tertiary/aromatic N) is 4. The Hall–Kier alpha value is -1.86. The number of amides is 1. The van der Waals surface area contributed by atoms with E-state index in [0.29, 0.717) is 12.2 Å². The van der Waals surface area contributed by atoms with Gasteiger partial charge in [-0.1, -0.05) is 17.4 Å². The molecule has 0 fully saturated rings. The van der Waals surface area contributed by atoms with Gasteiger partial charge in [0.05, 0.1) is 10.2 Å². The van der Waals surface area contributed by atoms with Crippen molar-refractivity contribution in [2.24, 2.45) is 4.99 Å². The SMILES string of the molecule is CCn1nccc1C(=O)N=c1sc2cc(C)ccc2n1CCSC. The molecule has 126 valence electrons. The van der Waals surface area contributed by atoms with E-state index in [1.54, 1.807) is 40.0 Å². The number of thiazole rings is 1. The maximum Gasteiger partial charge on any atom is 0.297 e. The van der Waals surface area contributed by atoms with Crippen molar-refractivity contribution in [2.75, 3.05) is 12.0 Å². The zero-order valence-corrected chi connectivity index (χ0v) is 15.7. The molecule has 0 unspecified atom stereocenters. The number of rotatable bonds is 5. The van der Waals surface area contributed by atoms with Gasteiger partial charge in [-0.2, -0.15) is 21.9 Å². The van der Waals surface area contributed by atoms with E-state index in [-0.39, 0.29) is 5.91 Å². The third kappa shape index (κ3) is 3.32. The average Bonchev–Trinajstić information content (AvgIpc) is 3.16. The third-order valence-corrected chi connectivity index (χ3v) is 5.42. The van der Waals surface area contributed by atoms with Gasteiger partial charge in [0.25, 0.3) is 5.91 Å². The highest BCUT2D eigenvalue weighted by Gasteiger charge is 2.12. The highest BCUT2D eigenvalue weighted by Crippen LogP contribution is 2.19. The lowest BCUT2D eigenvalue weighted by molar-refractivity contribution is 0.0987. The lowest BCUT2D eigenvalue weighted by atomic mass is 10.2.